The fraction of sp³-hybridized carbons (Fsp3) is 0.765. The molecule has 1 heterocycles. The maximum Gasteiger partial charge on any atom is 0.194 e. The lowest BCUT2D eigenvalue weighted by molar-refractivity contribution is 0.0776. The minimum absolute atomic E-state index is 0. The van der Waals surface area contributed by atoms with Crippen LogP contribution >= 0.6 is 35.3 Å². The summed E-state index contributed by atoms with van der Waals surface area (Å²) in [5, 5.41) is 6.65. The highest BCUT2D eigenvalue weighted by molar-refractivity contribution is 14.0. The molecular weight excluding hydrogens is 435 g/mol. The molecule has 1 fully saturated rings. The number of rotatable bonds is 8. The number of aromatic nitrogens is 1. The number of methoxy groups -OCH3 is 1. The maximum absolute atomic E-state index is 5.27. The summed E-state index contributed by atoms with van der Waals surface area (Å²) >= 11 is 1.70. The first-order chi connectivity index (χ1) is 11.1. The van der Waals surface area contributed by atoms with Gasteiger partial charge in [0, 0.05) is 39.2 Å². The first-order valence-corrected chi connectivity index (χ1v) is 9.36. The summed E-state index contributed by atoms with van der Waals surface area (Å²) in [5.41, 5.74) is 1.47. The molecule has 0 aromatic carbocycles. The maximum atomic E-state index is 5.27. The second-order valence-electron chi connectivity index (χ2n) is 6.48. The highest BCUT2D eigenvalue weighted by Crippen LogP contribution is 2.44. The summed E-state index contributed by atoms with van der Waals surface area (Å²) in [4.78, 5) is 11.6. The van der Waals surface area contributed by atoms with E-state index in [2.05, 4.69) is 34.6 Å². The van der Waals surface area contributed by atoms with E-state index in [1.807, 2.05) is 6.92 Å². The number of halogens is 1. The first kappa shape index (κ1) is 21.6. The topological polar surface area (TPSA) is 49.8 Å². The molecule has 7 heteroatoms. The Morgan fingerprint density at radius 3 is 2.75 bits per heavy atom. The Kier molecular flexibility index (Phi) is 9.51. The molecule has 0 saturated heterocycles. The number of hydrogen-bond acceptors (Lipinski definition) is 4. The molecule has 138 valence electrons. The van der Waals surface area contributed by atoms with Crippen molar-refractivity contribution < 1.29 is 4.74 Å². The minimum atomic E-state index is 0. The Morgan fingerprint density at radius 2 is 2.25 bits per heavy atom. The van der Waals surface area contributed by atoms with Gasteiger partial charge < -0.3 is 15.0 Å². The zero-order chi connectivity index (χ0) is 16.7. The van der Waals surface area contributed by atoms with E-state index in [0.717, 1.165) is 49.3 Å². The van der Waals surface area contributed by atoms with Crippen LogP contribution in [0.1, 0.15) is 43.3 Å². The largest absolute Gasteiger partial charge is 0.385 e. The summed E-state index contributed by atoms with van der Waals surface area (Å²) in [5.74, 6) is 0.974. The number of thiazole rings is 1. The normalized spacial score (nSPS) is 16.2. The highest BCUT2D eigenvalue weighted by Gasteiger charge is 2.36. The van der Waals surface area contributed by atoms with Gasteiger partial charge in [-0.2, -0.15) is 0 Å². The van der Waals surface area contributed by atoms with Gasteiger partial charge in [-0.05, 0) is 38.5 Å². The van der Waals surface area contributed by atoms with Gasteiger partial charge in [-0.3, -0.25) is 4.99 Å². The zero-order valence-corrected chi connectivity index (χ0v) is 18.4. The molecule has 2 rings (SSSR count). The van der Waals surface area contributed by atoms with Gasteiger partial charge in [-0.15, -0.1) is 35.3 Å². The van der Waals surface area contributed by atoms with Gasteiger partial charge in [0.1, 0.15) is 0 Å². The highest BCUT2D eigenvalue weighted by atomic mass is 127. The van der Waals surface area contributed by atoms with Gasteiger partial charge in [0.05, 0.1) is 17.2 Å². The second-order valence-corrected chi connectivity index (χ2v) is 7.54. The Balaban J connectivity index is 0.00000288. The molecule has 0 amide bonds. The van der Waals surface area contributed by atoms with E-state index in [4.69, 9.17) is 9.73 Å². The van der Waals surface area contributed by atoms with E-state index in [-0.39, 0.29) is 24.0 Å². The average Bonchev–Trinajstić information content (AvgIpc) is 2.89. The van der Waals surface area contributed by atoms with Crippen LogP contribution in [-0.4, -0.2) is 49.7 Å². The van der Waals surface area contributed by atoms with Crippen molar-refractivity contribution in [2.75, 3.05) is 33.9 Å². The van der Waals surface area contributed by atoms with Crippen LogP contribution in [0.3, 0.4) is 0 Å². The van der Waals surface area contributed by atoms with Crippen molar-refractivity contribution in [2.24, 2.45) is 10.4 Å². The molecule has 0 unspecified atom stereocenters. The van der Waals surface area contributed by atoms with Gasteiger partial charge in [0.15, 0.2) is 5.96 Å². The molecule has 24 heavy (non-hydrogen) atoms. The van der Waals surface area contributed by atoms with Crippen molar-refractivity contribution >= 4 is 41.3 Å². The van der Waals surface area contributed by atoms with Crippen LogP contribution in [-0.2, 0) is 11.3 Å². The van der Waals surface area contributed by atoms with Crippen molar-refractivity contribution in [1.82, 2.24) is 15.2 Å². The number of hydrogen-bond donors (Lipinski definition) is 1. The van der Waals surface area contributed by atoms with E-state index >= 15 is 0 Å². The third-order valence-corrected chi connectivity index (χ3v) is 5.40. The lowest BCUT2D eigenvalue weighted by atomic mass is 9.67. The van der Waals surface area contributed by atoms with Crippen LogP contribution in [0.4, 0.5) is 0 Å². The summed E-state index contributed by atoms with van der Waals surface area (Å²) in [6.45, 7) is 7.55. The van der Waals surface area contributed by atoms with Crippen LogP contribution in [0.25, 0.3) is 0 Å². The standard InChI is InChI=1S/C17H30N4OS.HI/c1-5-18-16(21(3)11-15-12-23-14(2)20-15)19-13-17(7-6-8-17)9-10-22-4;/h12H,5-11,13H2,1-4H3,(H,18,19);1H. The number of nitrogens with one attached hydrogen (secondary N) is 1. The monoisotopic (exact) mass is 466 g/mol. The Bertz CT molecular complexity index is 516. The quantitative estimate of drug-likeness (QED) is 0.361. The van der Waals surface area contributed by atoms with E-state index in [1.54, 1.807) is 18.4 Å². The molecule has 0 aliphatic heterocycles. The average molecular weight is 466 g/mol. The van der Waals surface area contributed by atoms with Gasteiger partial charge in [0.25, 0.3) is 0 Å². The Labute approximate surface area is 167 Å². The molecule has 1 aromatic heterocycles. The summed E-state index contributed by atoms with van der Waals surface area (Å²) in [6.07, 6.45) is 4.98. The minimum Gasteiger partial charge on any atom is -0.385 e. The molecule has 0 bridgehead atoms. The van der Waals surface area contributed by atoms with Crippen molar-refractivity contribution in [3.05, 3.63) is 16.1 Å². The van der Waals surface area contributed by atoms with Crippen molar-refractivity contribution in [2.45, 2.75) is 46.1 Å². The molecule has 1 aromatic rings. The molecule has 0 radical (unpaired) electrons. The SMILES string of the molecule is CCNC(=NCC1(CCOC)CCC1)N(C)Cc1csc(C)n1.I. The predicted octanol–water partition coefficient (Wildman–Crippen LogP) is 3.67. The smallest absolute Gasteiger partial charge is 0.194 e. The molecule has 1 aliphatic carbocycles. The Morgan fingerprint density at radius 1 is 1.50 bits per heavy atom. The fourth-order valence-electron chi connectivity index (χ4n) is 2.99. The van der Waals surface area contributed by atoms with Crippen LogP contribution in [0.2, 0.25) is 0 Å². The zero-order valence-electron chi connectivity index (χ0n) is 15.3. The number of ether oxygens (including phenoxy) is 1. The lowest BCUT2D eigenvalue weighted by Gasteiger charge is -2.41. The van der Waals surface area contributed by atoms with Crippen LogP contribution < -0.4 is 5.32 Å². The lowest BCUT2D eigenvalue weighted by Crippen LogP contribution is -2.41. The van der Waals surface area contributed by atoms with Gasteiger partial charge in [-0.25, -0.2) is 4.98 Å². The first-order valence-electron chi connectivity index (χ1n) is 8.48. The van der Waals surface area contributed by atoms with Crippen LogP contribution in [0.15, 0.2) is 10.4 Å². The number of aryl methyl sites for hydroxylation is 1. The predicted molar refractivity (Wildman–Crippen MR) is 112 cm³/mol. The van der Waals surface area contributed by atoms with Crippen LogP contribution in [0.5, 0.6) is 0 Å². The summed E-state index contributed by atoms with van der Waals surface area (Å²) < 4.78 is 5.27. The van der Waals surface area contributed by atoms with Crippen molar-refractivity contribution in [1.29, 1.82) is 0 Å². The molecule has 0 atom stereocenters. The van der Waals surface area contributed by atoms with Gasteiger partial charge in [-0.1, -0.05) is 6.42 Å². The Hall–Kier alpha value is -0.410. The van der Waals surface area contributed by atoms with Crippen molar-refractivity contribution in [3.63, 3.8) is 0 Å². The molecular formula is C17H31IN4OS. The van der Waals surface area contributed by atoms with E-state index in [0.29, 0.717) is 5.41 Å². The number of guanidine groups is 1. The third-order valence-electron chi connectivity index (χ3n) is 4.58. The molecule has 1 aliphatic rings. The number of nitrogens with zero attached hydrogens (tertiary/aromatic N) is 3. The van der Waals surface area contributed by atoms with E-state index in [1.165, 1.54) is 19.3 Å². The van der Waals surface area contributed by atoms with Gasteiger partial charge in [0.2, 0.25) is 0 Å². The molecule has 1 N–H and O–H groups in total. The van der Waals surface area contributed by atoms with E-state index < -0.39 is 0 Å². The molecule has 1 saturated carbocycles. The van der Waals surface area contributed by atoms with Crippen molar-refractivity contribution in [3.8, 4) is 0 Å². The van der Waals surface area contributed by atoms with Crippen LogP contribution in [0, 0.1) is 12.3 Å². The third kappa shape index (κ3) is 6.15. The fourth-order valence-corrected chi connectivity index (χ4v) is 3.60. The second kappa shape index (κ2) is 10.6. The number of aliphatic imine (C=N–C) groups is 1. The summed E-state index contributed by atoms with van der Waals surface area (Å²) in [7, 11) is 3.86. The summed E-state index contributed by atoms with van der Waals surface area (Å²) in [6, 6.07) is 0. The van der Waals surface area contributed by atoms with E-state index in [9.17, 15) is 0 Å². The molecule has 0 spiro atoms. The molecule has 5 nitrogen and oxygen atoms in total. The van der Waals surface area contributed by atoms with Gasteiger partial charge >= 0.3 is 0 Å².